The minimum absolute atomic E-state index is 0.333. The molecule has 0 amide bonds. The van der Waals surface area contributed by atoms with Gasteiger partial charge in [0.2, 0.25) is 17.7 Å². The zero-order valence-electron chi connectivity index (χ0n) is 16.8. The van der Waals surface area contributed by atoms with Gasteiger partial charge in [-0.05, 0) is 42.5 Å². The molecule has 0 aliphatic carbocycles. The van der Waals surface area contributed by atoms with Crippen LogP contribution in [0.25, 0.3) is 17.1 Å². The van der Waals surface area contributed by atoms with E-state index in [2.05, 4.69) is 25.2 Å². The van der Waals surface area contributed by atoms with Gasteiger partial charge in [0.25, 0.3) is 0 Å². The molecule has 0 unspecified atom stereocenters. The molecule has 32 heavy (non-hydrogen) atoms. The third-order valence-electron chi connectivity index (χ3n) is 4.87. The van der Waals surface area contributed by atoms with Crippen LogP contribution in [0.5, 0.6) is 0 Å². The van der Waals surface area contributed by atoms with Crippen LogP contribution in [-0.2, 0) is 10.5 Å². The normalized spacial score (nSPS) is 14.1. The summed E-state index contributed by atoms with van der Waals surface area (Å²) >= 11 is 1.35. The molecule has 1 aliphatic heterocycles. The van der Waals surface area contributed by atoms with Crippen LogP contribution in [0.15, 0.2) is 58.2 Å². The fourth-order valence-electron chi connectivity index (χ4n) is 3.32. The van der Waals surface area contributed by atoms with Crippen LogP contribution >= 0.6 is 11.8 Å². The summed E-state index contributed by atoms with van der Waals surface area (Å²) < 4.78 is 39.7. The van der Waals surface area contributed by atoms with E-state index in [-0.39, 0.29) is 11.6 Å². The van der Waals surface area contributed by atoms with Gasteiger partial charge in [0.15, 0.2) is 5.16 Å². The Bertz CT molecular complexity index is 1210. The van der Waals surface area contributed by atoms with Gasteiger partial charge in [-0.2, -0.15) is 4.98 Å². The summed E-state index contributed by atoms with van der Waals surface area (Å²) in [5.41, 5.74) is 1.28. The molecule has 1 saturated heterocycles. The van der Waals surface area contributed by atoms with Crippen molar-refractivity contribution in [3.05, 3.63) is 66.1 Å². The van der Waals surface area contributed by atoms with Gasteiger partial charge in [-0.1, -0.05) is 23.0 Å². The highest BCUT2D eigenvalue weighted by molar-refractivity contribution is 7.98. The quantitative estimate of drug-likeness (QED) is 0.406. The van der Waals surface area contributed by atoms with Crippen molar-refractivity contribution >= 4 is 17.7 Å². The number of thioether (sulfide) groups is 1. The van der Waals surface area contributed by atoms with Gasteiger partial charge < -0.3 is 14.2 Å². The minimum atomic E-state index is -0.346. The summed E-state index contributed by atoms with van der Waals surface area (Å²) in [6.07, 6.45) is 0. The molecular formula is C21H18F2N6O2S. The van der Waals surface area contributed by atoms with Gasteiger partial charge >= 0.3 is 0 Å². The minimum Gasteiger partial charge on any atom is -0.378 e. The second-order valence-corrected chi connectivity index (χ2v) is 7.95. The van der Waals surface area contributed by atoms with Crippen LogP contribution in [0.1, 0.15) is 5.89 Å². The van der Waals surface area contributed by atoms with Crippen molar-refractivity contribution in [3.63, 3.8) is 0 Å². The van der Waals surface area contributed by atoms with Crippen molar-refractivity contribution in [1.82, 2.24) is 24.9 Å². The van der Waals surface area contributed by atoms with Crippen molar-refractivity contribution < 1.29 is 18.0 Å². The summed E-state index contributed by atoms with van der Waals surface area (Å²) in [5, 5.41) is 13.2. The third-order valence-corrected chi connectivity index (χ3v) is 5.79. The maximum atomic E-state index is 14.0. The highest BCUT2D eigenvalue weighted by atomic mass is 32.2. The van der Waals surface area contributed by atoms with Gasteiger partial charge in [0.05, 0.1) is 24.7 Å². The smallest absolute Gasteiger partial charge is 0.237 e. The average Bonchev–Trinajstić information content (AvgIpc) is 3.46. The first kappa shape index (κ1) is 20.6. The molecule has 0 spiro atoms. The summed E-state index contributed by atoms with van der Waals surface area (Å²) in [4.78, 5) is 6.43. The number of ether oxygens (including phenoxy) is 1. The lowest BCUT2D eigenvalue weighted by Gasteiger charge is -2.27. The summed E-state index contributed by atoms with van der Waals surface area (Å²) in [7, 11) is 0. The van der Waals surface area contributed by atoms with E-state index in [1.165, 1.54) is 36.0 Å². The fourth-order valence-corrected chi connectivity index (χ4v) is 4.11. The molecule has 0 radical (unpaired) electrons. The third kappa shape index (κ3) is 4.34. The number of benzene rings is 2. The van der Waals surface area contributed by atoms with Crippen molar-refractivity contribution in [1.29, 1.82) is 0 Å². The van der Waals surface area contributed by atoms with Gasteiger partial charge in [-0.15, -0.1) is 10.2 Å². The van der Waals surface area contributed by atoms with E-state index in [4.69, 9.17) is 9.26 Å². The predicted octanol–water partition coefficient (Wildman–Crippen LogP) is 3.72. The maximum Gasteiger partial charge on any atom is 0.237 e. The Balaban J connectivity index is 1.40. The second-order valence-electron chi connectivity index (χ2n) is 7.00. The van der Waals surface area contributed by atoms with E-state index in [0.717, 1.165) is 0 Å². The molecule has 1 fully saturated rings. The van der Waals surface area contributed by atoms with Crippen molar-refractivity contribution in [3.8, 4) is 17.1 Å². The maximum absolute atomic E-state index is 14.0. The average molecular weight is 456 g/mol. The molecule has 0 N–H and O–H groups in total. The topological polar surface area (TPSA) is 82.1 Å². The van der Waals surface area contributed by atoms with Crippen LogP contribution in [0.3, 0.4) is 0 Å². The van der Waals surface area contributed by atoms with E-state index in [9.17, 15) is 8.78 Å². The van der Waals surface area contributed by atoms with Gasteiger partial charge in [-0.25, -0.2) is 8.78 Å². The molecule has 5 rings (SSSR count). The number of aromatic nitrogens is 5. The molecule has 4 aromatic rings. The van der Waals surface area contributed by atoms with E-state index in [1.54, 1.807) is 24.3 Å². The highest BCUT2D eigenvalue weighted by Gasteiger charge is 2.22. The predicted molar refractivity (Wildman–Crippen MR) is 114 cm³/mol. The summed E-state index contributed by atoms with van der Waals surface area (Å²) in [6.45, 7) is 2.52. The molecule has 0 bridgehead atoms. The van der Waals surface area contributed by atoms with Crippen molar-refractivity contribution in [2.45, 2.75) is 10.9 Å². The summed E-state index contributed by atoms with van der Waals surface area (Å²) in [6, 6.07) is 12.2. The fraction of sp³-hybridized carbons (Fsp3) is 0.238. The zero-order chi connectivity index (χ0) is 21.9. The first-order valence-corrected chi connectivity index (χ1v) is 10.9. The number of hydrogen-bond donors (Lipinski definition) is 0. The Kier molecular flexibility index (Phi) is 5.82. The van der Waals surface area contributed by atoms with Crippen LogP contribution in [0.4, 0.5) is 14.7 Å². The number of hydrogen-bond acceptors (Lipinski definition) is 8. The van der Waals surface area contributed by atoms with Gasteiger partial charge in [-0.3, -0.25) is 4.57 Å². The molecule has 11 heteroatoms. The SMILES string of the molecule is Fc1ccc(-c2noc(CSc3nnc(N4CCOCC4)n3-c3cccc(F)c3)n2)cc1. The lowest BCUT2D eigenvalue weighted by molar-refractivity contribution is 0.122. The Morgan fingerprint density at radius 3 is 2.56 bits per heavy atom. The second kappa shape index (κ2) is 9.05. The van der Waals surface area contributed by atoms with Crippen molar-refractivity contribution in [2.75, 3.05) is 31.2 Å². The molecular weight excluding hydrogens is 438 g/mol. The van der Waals surface area contributed by atoms with E-state index in [0.29, 0.717) is 66.1 Å². The lowest BCUT2D eigenvalue weighted by atomic mass is 10.2. The lowest BCUT2D eigenvalue weighted by Crippen LogP contribution is -2.37. The van der Waals surface area contributed by atoms with Crippen LogP contribution in [0, 0.1) is 11.6 Å². The highest BCUT2D eigenvalue weighted by Crippen LogP contribution is 2.29. The molecule has 2 aromatic heterocycles. The van der Waals surface area contributed by atoms with Crippen LogP contribution in [-0.4, -0.2) is 51.2 Å². The van der Waals surface area contributed by atoms with Crippen molar-refractivity contribution in [2.24, 2.45) is 0 Å². The largest absolute Gasteiger partial charge is 0.378 e. The number of anilines is 1. The number of rotatable bonds is 6. The molecule has 0 atom stereocenters. The molecule has 2 aromatic carbocycles. The first-order chi connectivity index (χ1) is 15.7. The van der Waals surface area contributed by atoms with Gasteiger partial charge in [0.1, 0.15) is 11.6 Å². The molecule has 3 heterocycles. The Morgan fingerprint density at radius 2 is 1.78 bits per heavy atom. The van der Waals surface area contributed by atoms with Crippen LogP contribution < -0.4 is 4.90 Å². The first-order valence-electron chi connectivity index (χ1n) is 9.93. The number of nitrogens with zero attached hydrogens (tertiary/aromatic N) is 6. The zero-order valence-corrected chi connectivity index (χ0v) is 17.6. The Morgan fingerprint density at radius 1 is 0.969 bits per heavy atom. The molecule has 8 nitrogen and oxygen atoms in total. The monoisotopic (exact) mass is 456 g/mol. The van der Waals surface area contributed by atoms with E-state index < -0.39 is 0 Å². The summed E-state index contributed by atoms with van der Waals surface area (Å²) in [5.74, 6) is 1.04. The number of halogens is 2. The van der Waals surface area contributed by atoms with E-state index >= 15 is 0 Å². The Labute approximate surface area is 186 Å². The van der Waals surface area contributed by atoms with Gasteiger partial charge in [0, 0.05) is 18.7 Å². The van der Waals surface area contributed by atoms with E-state index in [1.807, 2.05) is 4.57 Å². The Hall–Kier alpha value is -3.31. The molecule has 164 valence electrons. The molecule has 0 saturated carbocycles. The molecule has 1 aliphatic rings. The van der Waals surface area contributed by atoms with Crippen LogP contribution in [0.2, 0.25) is 0 Å². The number of morpholine rings is 1. The standard InChI is InChI=1S/C21H18F2N6O2S/c22-15-6-4-14(5-7-15)19-24-18(31-27-19)13-32-21-26-25-20(28-8-10-30-11-9-28)29(21)17-3-1-2-16(23)12-17/h1-7,12H,8-11,13H2.